The zero-order valence-electron chi connectivity index (χ0n) is 14.9. The Morgan fingerprint density at radius 3 is 2.19 bits per heavy atom. The number of anilines is 1. The molecule has 1 aliphatic heterocycles. The summed E-state index contributed by atoms with van der Waals surface area (Å²) in [4.78, 5) is 13.1. The van der Waals surface area contributed by atoms with E-state index in [2.05, 4.69) is 28.8 Å². The van der Waals surface area contributed by atoms with Gasteiger partial charge >= 0.3 is 0 Å². The molecule has 1 amide bonds. The van der Waals surface area contributed by atoms with Crippen molar-refractivity contribution in [2.24, 2.45) is 17.8 Å². The van der Waals surface area contributed by atoms with Crippen LogP contribution in [0.4, 0.5) is 5.69 Å². The van der Waals surface area contributed by atoms with Crippen molar-refractivity contribution in [2.45, 2.75) is 41.1 Å². The maximum atomic E-state index is 12.8. The van der Waals surface area contributed by atoms with Crippen molar-refractivity contribution in [1.82, 2.24) is 0 Å². The fourth-order valence-corrected chi connectivity index (χ4v) is 9.42. The summed E-state index contributed by atoms with van der Waals surface area (Å²) in [6, 6.07) is 6.48. The minimum atomic E-state index is -3.21. The Morgan fingerprint density at radius 2 is 1.65 bits per heavy atom. The molecule has 1 spiro atoms. The molecule has 2 aliphatic carbocycles. The van der Waals surface area contributed by atoms with Crippen LogP contribution in [-0.4, -0.2) is 36.2 Å². The summed E-state index contributed by atoms with van der Waals surface area (Å²) in [6.07, 6.45) is 6.98. The standard InChI is InChI=1S/C19H25NO3S3/c1-26(22,23)17-7-5-16(6-8-17)20-18(21)13-11-14-3-2-4-15(12-13)19(14)24-9-10-25-19/h5-8,13-15H,2-4,9-12H2,1H3,(H,20,21). The maximum absolute atomic E-state index is 12.8. The average molecular weight is 412 g/mol. The number of benzene rings is 1. The molecule has 4 nitrogen and oxygen atoms in total. The van der Waals surface area contributed by atoms with Crippen LogP contribution in [0.1, 0.15) is 32.1 Å². The van der Waals surface area contributed by atoms with Gasteiger partial charge in [-0.1, -0.05) is 6.42 Å². The molecule has 0 radical (unpaired) electrons. The Kier molecular flexibility index (Phi) is 5.07. The van der Waals surface area contributed by atoms with Crippen molar-refractivity contribution in [1.29, 1.82) is 0 Å². The van der Waals surface area contributed by atoms with E-state index in [0.29, 0.717) is 21.6 Å². The van der Waals surface area contributed by atoms with E-state index in [0.717, 1.165) is 12.8 Å². The van der Waals surface area contributed by atoms with Gasteiger partial charge in [-0.3, -0.25) is 4.79 Å². The number of hydrogen-bond donors (Lipinski definition) is 1. The first kappa shape index (κ1) is 18.7. The first-order chi connectivity index (χ1) is 12.4. The second kappa shape index (κ2) is 7.06. The molecule has 4 rings (SSSR count). The molecule has 26 heavy (non-hydrogen) atoms. The molecule has 2 bridgehead atoms. The summed E-state index contributed by atoms with van der Waals surface area (Å²) in [5.74, 6) is 3.97. The van der Waals surface area contributed by atoms with Crippen LogP contribution in [0, 0.1) is 17.8 Å². The van der Waals surface area contributed by atoms with E-state index in [1.165, 1.54) is 37.0 Å². The molecule has 3 fully saturated rings. The number of sulfone groups is 1. The predicted octanol–water partition coefficient (Wildman–Crippen LogP) is 4.03. The second-order valence-electron chi connectivity index (χ2n) is 7.70. The summed E-state index contributed by atoms with van der Waals surface area (Å²) in [7, 11) is -3.21. The molecule has 2 saturated carbocycles. The molecule has 1 saturated heterocycles. The van der Waals surface area contributed by atoms with Gasteiger partial charge in [-0.2, -0.15) is 0 Å². The third kappa shape index (κ3) is 3.42. The topological polar surface area (TPSA) is 63.2 Å². The highest BCUT2D eigenvalue weighted by Crippen LogP contribution is 2.64. The highest BCUT2D eigenvalue weighted by atomic mass is 32.2. The molecule has 1 heterocycles. The van der Waals surface area contributed by atoms with Crippen LogP contribution >= 0.6 is 23.5 Å². The molecule has 1 N–H and O–H groups in total. The number of nitrogens with one attached hydrogen (secondary N) is 1. The van der Waals surface area contributed by atoms with E-state index < -0.39 is 9.84 Å². The monoisotopic (exact) mass is 411 g/mol. The second-order valence-corrected chi connectivity index (χ2v) is 12.7. The lowest BCUT2D eigenvalue weighted by atomic mass is 9.67. The van der Waals surface area contributed by atoms with E-state index >= 15 is 0 Å². The largest absolute Gasteiger partial charge is 0.326 e. The van der Waals surface area contributed by atoms with Gasteiger partial charge in [0.2, 0.25) is 5.91 Å². The van der Waals surface area contributed by atoms with Gasteiger partial charge < -0.3 is 5.32 Å². The van der Waals surface area contributed by atoms with Crippen LogP contribution in [-0.2, 0) is 14.6 Å². The Balaban J connectivity index is 1.45. The molecule has 3 aliphatic rings. The number of hydrogen-bond acceptors (Lipinski definition) is 5. The van der Waals surface area contributed by atoms with Crippen LogP contribution in [0.5, 0.6) is 0 Å². The zero-order valence-corrected chi connectivity index (χ0v) is 17.4. The van der Waals surface area contributed by atoms with Crippen LogP contribution in [0.25, 0.3) is 0 Å². The summed E-state index contributed by atoms with van der Waals surface area (Å²) < 4.78 is 23.5. The van der Waals surface area contributed by atoms with Gasteiger partial charge in [-0.15, -0.1) is 23.5 Å². The number of rotatable bonds is 3. The first-order valence-electron chi connectivity index (χ1n) is 9.27. The molecule has 7 heteroatoms. The van der Waals surface area contributed by atoms with Crippen LogP contribution < -0.4 is 5.32 Å². The Hall–Kier alpha value is -0.660. The van der Waals surface area contributed by atoms with Gasteiger partial charge in [0.15, 0.2) is 9.84 Å². The van der Waals surface area contributed by atoms with Crippen LogP contribution in [0.3, 0.4) is 0 Å². The minimum Gasteiger partial charge on any atom is -0.326 e. The SMILES string of the molecule is CS(=O)(=O)c1ccc(NC(=O)C2CC3CCCC(C2)C32SCCS2)cc1. The number of carbonyl (C=O) groups is 1. The third-order valence-electron chi connectivity index (χ3n) is 6.04. The molecule has 1 aromatic carbocycles. The van der Waals surface area contributed by atoms with E-state index in [9.17, 15) is 13.2 Å². The summed E-state index contributed by atoms with van der Waals surface area (Å²) in [5, 5.41) is 3.01. The fraction of sp³-hybridized carbons (Fsp3) is 0.632. The summed E-state index contributed by atoms with van der Waals surface area (Å²) >= 11 is 4.31. The van der Waals surface area contributed by atoms with Crippen LogP contribution in [0.15, 0.2) is 29.2 Å². The quantitative estimate of drug-likeness (QED) is 0.813. The first-order valence-corrected chi connectivity index (χ1v) is 13.1. The normalized spacial score (nSPS) is 30.3. The number of amides is 1. The van der Waals surface area contributed by atoms with E-state index in [1.807, 2.05) is 0 Å². The van der Waals surface area contributed by atoms with Crippen molar-refractivity contribution >= 4 is 45.0 Å². The molecule has 1 aromatic rings. The zero-order chi connectivity index (χ0) is 18.4. The number of thioether (sulfide) groups is 2. The van der Waals surface area contributed by atoms with Crippen molar-refractivity contribution < 1.29 is 13.2 Å². The number of carbonyl (C=O) groups excluding carboxylic acids is 1. The van der Waals surface area contributed by atoms with Gasteiger partial charge in [0.1, 0.15) is 0 Å². The molecule has 2 unspecified atom stereocenters. The maximum Gasteiger partial charge on any atom is 0.227 e. The van der Waals surface area contributed by atoms with Gasteiger partial charge in [0.25, 0.3) is 0 Å². The third-order valence-corrected chi connectivity index (χ3v) is 11.2. The Labute approximate surface area is 164 Å². The van der Waals surface area contributed by atoms with Crippen LogP contribution in [0.2, 0.25) is 0 Å². The van der Waals surface area contributed by atoms with Crippen molar-refractivity contribution in [3.05, 3.63) is 24.3 Å². The molecule has 2 atom stereocenters. The van der Waals surface area contributed by atoms with E-state index in [1.54, 1.807) is 24.3 Å². The molecule has 142 valence electrons. The lowest BCUT2D eigenvalue weighted by Crippen LogP contribution is -2.48. The Morgan fingerprint density at radius 1 is 1.08 bits per heavy atom. The highest BCUT2D eigenvalue weighted by molar-refractivity contribution is 8.21. The lowest BCUT2D eigenvalue weighted by Gasteiger charge is -2.52. The van der Waals surface area contributed by atoms with E-state index in [-0.39, 0.29) is 16.7 Å². The highest BCUT2D eigenvalue weighted by Gasteiger charge is 2.55. The van der Waals surface area contributed by atoms with Crippen molar-refractivity contribution in [3.63, 3.8) is 0 Å². The van der Waals surface area contributed by atoms with E-state index in [4.69, 9.17) is 0 Å². The van der Waals surface area contributed by atoms with Gasteiger partial charge in [-0.25, -0.2) is 8.42 Å². The molecular formula is C19H25NO3S3. The minimum absolute atomic E-state index is 0.0762. The van der Waals surface area contributed by atoms with Gasteiger partial charge in [0, 0.05) is 29.4 Å². The smallest absolute Gasteiger partial charge is 0.227 e. The summed E-state index contributed by atoms with van der Waals surface area (Å²) in [5.41, 5.74) is 0.678. The van der Waals surface area contributed by atoms with Gasteiger partial charge in [-0.05, 0) is 61.8 Å². The molecular weight excluding hydrogens is 386 g/mol. The summed E-state index contributed by atoms with van der Waals surface area (Å²) in [6.45, 7) is 0. The van der Waals surface area contributed by atoms with Crippen molar-refractivity contribution in [3.8, 4) is 0 Å². The van der Waals surface area contributed by atoms with Crippen molar-refractivity contribution in [2.75, 3.05) is 23.1 Å². The lowest BCUT2D eigenvalue weighted by molar-refractivity contribution is -0.122. The Bertz CT molecular complexity index is 769. The fourth-order valence-electron chi connectivity index (χ4n) is 4.85. The average Bonchev–Trinajstić information content (AvgIpc) is 3.04. The predicted molar refractivity (Wildman–Crippen MR) is 109 cm³/mol. The van der Waals surface area contributed by atoms with Gasteiger partial charge in [0.05, 0.1) is 8.97 Å². The molecule has 0 aromatic heterocycles.